The van der Waals surface area contributed by atoms with Crippen LogP contribution in [0.25, 0.3) is 0 Å². The fourth-order valence-electron chi connectivity index (χ4n) is 2.36. The van der Waals surface area contributed by atoms with E-state index < -0.39 is 0 Å². The van der Waals surface area contributed by atoms with Crippen LogP contribution in [-0.2, 0) is 0 Å². The van der Waals surface area contributed by atoms with Crippen molar-refractivity contribution >= 4 is 6.71 Å². The molecule has 1 aliphatic rings. The molecule has 0 aromatic carbocycles. The van der Waals surface area contributed by atoms with Crippen LogP contribution in [0.4, 0.5) is 0 Å². The van der Waals surface area contributed by atoms with Gasteiger partial charge in [0.25, 0.3) is 0 Å². The van der Waals surface area contributed by atoms with Crippen LogP contribution in [0.1, 0.15) is 27.7 Å². The molecule has 12 heavy (non-hydrogen) atoms. The van der Waals surface area contributed by atoms with Gasteiger partial charge in [-0.05, 0) is 5.82 Å². The molecule has 0 fully saturated rings. The summed E-state index contributed by atoms with van der Waals surface area (Å²) in [5, 5.41) is 0. The van der Waals surface area contributed by atoms with Gasteiger partial charge in [0, 0.05) is 0 Å². The lowest BCUT2D eigenvalue weighted by atomic mass is 9.29. The fraction of sp³-hybridized carbons (Fsp3) is 0.636. The first kappa shape index (κ1) is 9.63. The van der Waals surface area contributed by atoms with Crippen molar-refractivity contribution in [1.29, 1.82) is 0 Å². The van der Waals surface area contributed by atoms with E-state index in [1.54, 1.807) is 0 Å². The molecule has 0 atom stereocenters. The Labute approximate surface area is 76.8 Å². The minimum atomic E-state index is 0.685. The summed E-state index contributed by atoms with van der Waals surface area (Å²) in [4.78, 5) is 0. The van der Waals surface area contributed by atoms with Gasteiger partial charge in [-0.25, -0.2) is 0 Å². The van der Waals surface area contributed by atoms with Gasteiger partial charge in [-0.1, -0.05) is 63.6 Å². The highest BCUT2D eigenvalue weighted by Crippen LogP contribution is 2.33. The molecule has 0 N–H and O–H groups in total. The van der Waals surface area contributed by atoms with E-state index in [0.29, 0.717) is 5.82 Å². The van der Waals surface area contributed by atoms with Crippen LogP contribution < -0.4 is 0 Å². The van der Waals surface area contributed by atoms with Crippen molar-refractivity contribution in [2.45, 2.75) is 45.1 Å². The van der Waals surface area contributed by atoms with E-state index in [0.717, 1.165) is 18.3 Å². The number of allylic oxidation sites excluding steroid dienone is 4. The Kier molecular flexibility index (Phi) is 3.19. The van der Waals surface area contributed by atoms with Crippen molar-refractivity contribution in [1.82, 2.24) is 0 Å². The predicted molar refractivity (Wildman–Crippen MR) is 58.0 cm³/mol. The van der Waals surface area contributed by atoms with Crippen molar-refractivity contribution in [3.05, 3.63) is 24.3 Å². The molecule has 0 amide bonds. The van der Waals surface area contributed by atoms with E-state index >= 15 is 0 Å². The van der Waals surface area contributed by atoms with Gasteiger partial charge in [0.2, 0.25) is 0 Å². The summed E-state index contributed by atoms with van der Waals surface area (Å²) in [6.45, 7) is 10.1. The molecular formula is C11H19B. The molecule has 0 aromatic heterocycles. The first-order chi connectivity index (χ1) is 5.63. The minimum Gasteiger partial charge on any atom is -0.0849 e. The fourth-order valence-corrected chi connectivity index (χ4v) is 2.36. The smallest absolute Gasteiger partial charge is 0.0849 e. The Morgan fingerprint density at radius 3 is 1.67 bits per heavy atom. The minimum absolute atomic E-state index is 0.685. The van der Waals surface area contributed by atoms with Gasteiger partial charge in [-0.2, -0.15) is 0 Å². The van der Waals surface area contributed by atoms with Gasteiger partial charge in [0.1, 0.15) is 0 Å². The summed E-state index contributed by atoms with van der Waals surface area (Å²) in [6.07, 6.45) is 8.99. The summed E-state index contributed by atoms with van der Waals surface area (Å²) in [5.41, 5.74) is 0. The Morgan fingerprint density at radius 1 is 0.917 bits per heavy atom. The molecule has 1 rings (SSSR count). The summed E-state index contributed by atoms with van der Waals surface area (Å²) < 4.78 is 0. The second-order valence-electron chi connectivity index (χ2n) is 4.41. The van der Waals surface area contributed by atoms with Crippen LogP contribution in [-0.4, -0.2) is 6.71 Å². The van der Waals surface area contributed by atoms with Crippen LogP contribution in [0.3, 0.4) is 0 Å². The molecule has 0 radical (unpaired) electrons. The van der Waals surface area contributed by atoms with Gasteiger partial charge < -0.3 is 0 Å². The molecule has 0 heterocycles. The highest BCUT2D eigenvalue weighted by molar-refractivity contribution is 6.64. The molecule has 0 aliphatic heterocycles. The Balaban J connectivity index is 2.65. The maximum absolute atomic E-state index is 2.32. The van der Waals surface area contributed by atoms with E-state index in [4.69, 9.17) is 0 Å². The molecule has 0 saturated carbocycles. The van der Waals surface area contributed by atoms with Gasteiger partial charge in [0.05, 0.1) is 0 Å². The number of hydrogen-bond donors (Lipinski definition) is 0. The van der Waals surface area contributed by atoms with E-state index in [2.05, 4.69) is 52.0 Å². The van der Waals surface area contributed by atoms with Crippen LogP contribution in [0.2, 0.25) is 17.5 Å². The molecule has 0 nitrogen and oxygen atoms in total. The average molecular weight is 162 g/mol. The molecule has 1 heteroatoms. The molecule has 66 valence electrons. The summed E-state index contributed by atoms with van der Waals surface area (Å²) in [6, 6.07) is 0. The van der Waals surface area contributed by atoms with Crippen molar-refractivity contribution < 1.29 is 0 Å². The van der Waals surface area contributed by atoms with Crippen LogP contribution in [0.5, 0.6) is 0 Å². The van der Waals surface area contributed by atoms with Crippen LogP contribution in [0.15, 0.2) is 24.3 Å². The summed E-state index contributed by atoms with van der Waals surface area (Å²) in [5.74, 6) is 2.25. The highest BCUT2D eigenvalue weighted by Gasteiger charge is 2.28. The maximum atomic E-state index is 2.32. The number of hydrogen-bond acceptors (Lipinski definition) is 0. The molecule has 0 aromatic rings. The second kappa shape index (κ2) is 3.98. The van der Waals surface area contributed by atoms with E-state index in [-0.39, 0.29) is 0 Å². The standard InChI is InChI=1S/C11H19B/c1-9(2)12(10(3)4)11-7-5-6-8-11/h5-11H,1-4H3. The monoisotopic (exact) mass is 162 g/mol. The van der Waals surface area contributed by atoms with Crippen molar-refractivity contribution in [3.63, 3.8) is 0 Å². The van der Waals surface area contributed by atoms with Gasteiger partial charge in [-0.3, -0.25) is 0 Å². The Bertz CT molecular complexity index is 169. The second-order valence-corrected chi connectivity index (χ2v) is 4.41. The first-order valence-electron chi connectivity index (χ1n) is 4.98. The lowest BCUT2D eigenvalue weighted by Gasteiger charge is -2.25. The molecule has 0 unspecified atom stereocenters. The Morgan fingerprint density at radius 2 is 1.33 bits per heavy atom. The van der Waals surface area contributed by atoms with E-state index in [1.807, 2.05) is 0 Å². The normalized spacial score (nSPS) is 16.8. The van der Waals surface area contributed by atoms with Crippen LogP contribution in [0, 0.1) is 0 Å². The third-order valence-corrected chi connectivity index (χ3v) is 2.76. The maximum Gasteiger partial charge on any atom is 0.157 e. The molecule has 0 saturated heterocycles. The summed E-state index contributed by atoms with van der Waals surface area (Å²) >= 11 is 0. The van der Waals surface area contributed by atoms with Crippen molar-refractivity contribution in [2.24, 2.45) is 0 Å². The van der Waals surface area contributed by atoms with Crippen molar-refractivity contribution in [2.75, 3.05) is 0 Å². The molecule has 1 aliphatic carbocycles. The largest absolute Gasteiger partial charge is 0.157 e. The Hall–Kier alpha value is -0.455. The topological polar surface area (TPSA) is 0 Å². The average Bonchev–Trinajstić information content (AvgIpc) is 2.37. The zero-order chi connectivity index (χ0) is 9.14. The SMILES string of the molecule is CC(C)B(C(C)C)C1C=CC=C1. The first-order valence-corrected chi connectivity index (χ1v) is 4.98. The van der Waals surface area contributed by atoms with E-state index in [9.17, 15) is 0 Å². The van der Waals surface area contributed by atoms with Crippen LogP contribution >= 0.6 is 0 Å². The third-order valence-electron chi connectivity index (χ3n) is 2.76. The quantitative estimate of drug-likeness (QED) is 0.553. The molecular weight excluding hydrogens is 143 g/mol. The van der Waals surface area contributed by atoms with Gasteiger partial charge in [0.15, 0.2) is 6.71 Å². The predicted octanol–water partition coefficient (Wildman–Crippen LogP) is 3.80. The van der Waals surface area contributed by atoms with Gasteiger partial charge >= 0.3 is 0 Å². The van der Waals surface area contributed by atoms with Crippen molar-refractivity contribution in [3.8, 4) is 0 Å². The summed E-state index contributed by atoms with van der Waals surface area (Å²) in [7, 11) is 0. The zero-order valence-corrected chi connectivity index (χ0v) is 8.62. The van der Waals surface area contributed by atoms with E-state index in [1.165, 1.54) is 0 Å². The third kappa shape index (κ3) is 2.03. The number of rotatable bonds is 3. The lowest BCUT2D eigenvalue weighted by molar-refractivity contribution is 0.913. The molecule has 0 spiro atoms. The highest BCUT2D eigenvalue weighted by atomic mass is 14.1. The molecule has 0 bridgehead atoms. The van der Waals surface area contributed by atoms with Gasteiger partial charge in [-0.15, -0.1) is 0 Å². The lowest BCUT2D eigenvalue weighted by Crippen LogP contribution is -2.25. The zero-order valence-electron chi connectivity index (χ0n) is 8.62.